The first-order valence-electron chi connectivity index (χ1n) is 6.55. The summed E-state index contributed by atoms with van der Waals surface area (Å²) >= 11 is 1.58. The molecule has 2 heterocycles. The van der Waals surface area contributed by atoms with Crippen LogP contribution < -0.4 is 5.73 Å². The smallest absolute Gasteiger partial charge is 0.124 e. The van der Waals surface area contributed by atoms with E-state index in [4.69, 9.17) is 5.73 Å². The summed E-state index contributed by atoms with van der Waals surface area (Å²) in [4.78, 5) is 6.96. The Morgan fingerprint density at radius 3 is 3.11 bits per heavy atom. The number of rotatable bonds is 3. The Hall–Kier alpha value is -1.04. The van der Waals surface area contributed by atoms with Gasteiger partial charge in [0.15, 0.2) is 0 Å². The average Bonchev–Trinajstić information content (AvgIpc) is 2.93. The Morgan fingerprint density at radius 1 is 1.53 bits per heavy atom. The summed E-state index contributed by atoms with van der Waals surface area (Å²) in [5, 5.41) is 1.06. The second-order valence-electron chi connectivity index (χ2n) is 5.70. The number of likely N-dealkylation sites (tertiary alicyclic amines) is 1. The molecule has 19 heavy (non-hydrogen) atoms. The van der Waals surface area contributed by atoms with Crippen molar-refractivity contribution in [1.82, 2.24) is 9.88 Å². The van der Waals surface area contributed by atoms with E-state index in [0.29, 0.717) is 0 Å². The van der Waals surface area contributed by atoms with Crippen molar-refractivity contribution in [2.75, 3.05) is 19.6 Å². The Bertz CT molecular complexity index is 597. The van der Waals surface area contributed by atoms with Crippen molar-refractivity contribution in [2.24, 2.45) is 11.1 Å². The second-order valence-corrected chi connectivity index (χ2v) is 6.81. The summed E-state index contributed by atoms with van der Waals surface area (Å²) in [5.41, 5.74) is 6.95. The summed E-state index contributed by atoms with van der Waals surface area (Å²) in [5.74, 6) is -0.195. The highest BCUT2D eigenvalue weighted by molar-refractivity contribution is 7.18. The number of hydrogen-bond acceptors (Lipinski definition) is 4. The normalized spacial score (nSPS) is 24.4. The van der Waals surface area contributed by atoms with Crippen LogP contribution in [0.3, 0.4) is 0 Å². The van der Waals surface area contributed by atoms with Gasteiger partial charge in [0.2, 0.25) is 0 Å². The minimum absolute atomic E-state index is 0.195. The molecule has 1 fully saturated rings. The van der Waals surface area contributed by atoms with Crippen LogP contribution >= 0.6 is 11.3 Å². The maximum Gasteiger partial charge on any atom is 0.124 e. The first kappa shape index (κ1) is 13.0. The molecule has 0 bridgehead atoms. The van der Waals surface area contributed by atoms with E-state index in [2.05, 4.69) is 16.8 Å². The molecule has 1 aliphatic rings. The molecule has 1 saturated heterocycles. The molecular weight excluding hydrogens is 261 g/mol. The van der Waals surface area contributed by atoms with E-state index in [9.17, 15) is 4.39 Å². The standard InChI is InChI=1S/C14H18FN3S/c1-14(8-16)4-5-18(9-14)7-13-17-11-3-2-10(15)6-12(11)19-13/h2-3,6H,4-5,7-9,16H2,1H3. The largest absolute Gasteiger partial charge is 0.330 e. The summed E-state index contributed by atoms with van der Waals surface area (Å²) in [6.07, 6.45) is 1.14. The third-order valence-corrected chi connectivity index (χ3v) is 4.89. The molecule has 1 aromatic carbocycles. The van der Waals surface area contributed by atoms with E-state index < -0.39 is 0 Å². The number of aromatic nitrogens is 1. The molecule has 3 nitrogen and oxygen atoms in total. The molecule has 0 amide bonds. The predicted octanol–water partition coefficient (Wildman–Crippen LogP) is 2.61. The van der Waals surface area contributed by atoms with Crippen molar-refractivity contribution in [2.45, 2.75) is 19.9 Å². The molecule has 1 aliphatic heterocycles. The van der Waals surface area contributed by atoms with Crippen molar-refractivity contribution in [3.05, 3.63) is 29.0 Å². The van der Waals surface area contributed by atoms with E-state index in [1.807, 2.05) is 0 Å². The number of fused-ring (bicyclic) bond motifs is 1. The molecule has 0 spiro atoms. The van der Waals surface area contributed by atoms with Crippen molar-refractivity contribution in [3.8, 4) is 0 Å². The minimum Gasteiger partial charge on any atom is -0.330 e. The Morgan fingerprint density at radius 2 is 2.37 bits per heavy atom. The molecule has 1 aromatic heterocycles. The lowest BCUT2D eigenvalue weighted by atomic mass is 9.90. The van der Waals surface area contributed by atoms with Crippen LogP contribution in [0.1, 0.15) is 18.4 Å². The fourth-order valence-electron chi connectivity index (χ4n) is 2.63. The number of hydrogen-bond donors (Lipinski definition) is 1. The fraction of sp³-hybridized carbons (Fsp3) is 0.500. The molecule has 0 saturated carbocycles. The van der Waals surface area contributed by atoms with Gasteiger partial charge in [-0.15, -0.1) is 11.3 Å². The first-order chi connectivity index (χ1) is 9.08. The Labute approximate surface area is 116 Å². The molecule has 2 N–H and O–H groups in total. The summed E-state index contributed by atoms with van der Waals surface area (Å²) in [6, 6.07) is 4.77. The molecule has 0 radical (unpaired) electrons. The SMILES string of the molecule is CC1(CN)CCN(Cc2nc3ccc(F)cc3s2)C1. The molecular formula is C14H18FN3S. The Kier molecular flexibility index (Phi) is 3.28. The number of halogens is 1. The van der Waals surface area contributed by atoms with Crippen LogP contribution in [0.2, 0.25) is 0 Å². The van der Waals surface area contributed by atoms with E-state index in [1.165, 1.54) is 6.07 Å². The highest BCUT2D eigenvalue weighted by Crippen LogP contribution is 2.31. The Balaban J connectivity index is 1.75. The molecule has 3 rings (SSSR count). The lowest BCUT2D eigenvalue weighted by Gasteiger charge is -2.21. The molecule has 0 aliphatic carbocycles. The van der Waals surface area contributed by atoms with Gasteiger partial charge in [0.05, 0.1) is 16.8 Å². The zero-order chi connectivity index (χ0) is 13.5. The number of nitrogens with zero attached hydrogens (tertiary/aromatic N) is 2. The van der Waals surface area contributed by atoms with Gasteiger partial charge in [0.1, 0.15) is 10.8 Å². The molecule has 1 atom stereocenters. The lowest BCUT2D eigenvalue weighted by molar-refractivity contribution is 0.274. The van der Waals surface area contributed by atoms with Crippen molar-refractivity contribution in [3.63, 3.8) is 0 Å². The maximum absolute atomic E-state index is 13.2. The van der Waals surface area contributed by atoms with Crippen molar-refractivity contribution < 1.29 is 4.39 Å². The van der Waals surface area contributed by atoms with Crippen LogP contribution in [0, 0.1) is 11.2 Å². The molecule has 102 valence electrons. The van der Waals surface area contributed by atoms with E-state index in [0.717, 1.165) is 47.8 Å². The zero-order valence-electron chi connectivity index (χ0n) is 11.0. The van der Waals surface area contributed by atoms with Gasteiger partial charge >= 0.3 is 0 Å². The monoisotopic (exact) mass is 279 g/mol. The van der Waals surface area contributed by atoms with Crippen LogP contribution in [0.5, 0.6) is 0 Å². The highest BCUT2D eigenvalue weighted by atomic mass is 32.1. The first-order valence-corrected chi connectivity index (χ1v) is 7.37. The number of benzene rings is 1. The zero-order valence-corrected chi connectivity index (χ0v) is 11.8. The van der Waals surface area contributed by atoms with E-state index >= 15 is 0 Å². The third-order valence-electron chi connectivity index (χ3n) is 3.88. The molecule has 1 unspecified atom stereocenters. The number of nitrogens with two attached hydrogens (primary N) is 1. The predicted molar refractivity (Wildman–Crippen MR) is 76.6 cm³/mol. The van der Waals surface area contributed by atoms with Gasteiger partial charge in [-0.3, -0.25) is 4.90 Å². The highest BCUT2D eigenvalue weighted by Gasteiger charge is 2.32. The quantitative estimate of drug-likeness (QED) is 0.939. The van der Waals surface area contributed by atoms with Gasteiger partial charge in [-0.1, -0.05) is 6.92 Å². The van der Waals surface area contributed by atoms with Gasteiger partial charge in [0.25, 0.3) is 0 Å². The third kappa shape index (κ3) is 2.63. The van der Waals surface area contributed by atoms with Crippen molar-refractivity contribution >= 4 is 21.6 Å². The van der Waals surface area contributed by atoms with Gasteiger partial charge in [0, 0.05) is 6.54 Å². The number of thiazole rings is 1. The van der Waals surface area contributed by atoms with Crippen LogP contribution in [0.25, 0.3) is 10.2 Å². The van der Waals surface area contributed by atoms with Crippen molar-refractivity contribution in [1.29, 1.82) is 0 Å². The minimum atomic E-state index is -0.195. The second kappa shape index (κ2) is 4.81. The van der Waals surface area contributed by atoms with Gasteiger partial charge in [-0.25, -0.2) is 9.37 Å². The molecule has 2 aromatic rings. The molecule has 5 heteroatoms. The summed E-state index contributed by atoms with van der Waals surface area (Å²) < 4.78 is 14.1. The summed E-state index contributed by atoms with van der Waals surface area (Å²) in [6.45, 7) is 5.90. The average molecular weight is 279 g/mol. The lowest BCUT2D eigenvalue weighted by Crippen LogP contribution is -2.31. The van der Waals surface area contributed by atoms with Crippen LogP contribution in [-0.4, -0.2) is 29.5 Å². The van der Waals surface area contributed by atoms with Crippen LogP contribution in [0.4, 0.5) is 4.39 Å². The van der Waals surface area contributed by atoms with Gasteiger partial charge in [-0.05, 0) is 43.1 Å². The summed E-state index contributed by atoms with van der Waals surface area (Å²) in [7, 11) is 0. The van der Waals surface area contributed by atoms with E-state index in [-0.39, 0.29) is 11.2 Å². The maximum atomic E-state index is 13.2. The van der Waals surface area contributed by atoms with E-state index in [1.54, 1.807) is 23.5 Å². The van der Waals surface area contributed by atoms with Gasteiger partial charge in [-0.2, -0.15) is 0 Å². The van der Waals surface area contributed by atoms with Gasteiger partial charge < -0.3 is 5.73 Å². The van der Waals surface area contributed by atoms with Crippen LogP contribution in [-0.2, 0) is 6.54 Å². The van der Waals surface area contributed by atoms with Crippen LogP contribution in [0.15, 0.2) is 18.2 Å². The topological polar surface area (TPSA) is 42.1 Å². The fourth-order valence-corrected chi connectivity index (χ4v) is 3.67.